The van der Waals surface area contributed by atoms with Crippen molar-refractivity contribution in [2.45, 2.75) is 62.8 Å². The van der Waals surface area contributed by atoms with E-state index in [-0.39, 0.29) is 58.8 Å². The van der Waals surface area contributed by atoms with Crippen LogP contribution in [-0.2, 0) is 25.7 Å². The Balaban J connectivity index is 0.000000143. The summed E-state index contributed by atoms with van der Waals surface area (Å²) in [6.07, 6.45) is 2.19. The molecule has 16 rings (SSSR count). The van der Waals surface area contributed by atoms with Crippen LogP contribution < -0.4 is 70.2 Å². The van der Waals surface area contributed by atoms with Crippen LogP contribution in [0.1, 0.15) is 98.8 Å². The Bertz CT molecular complexity index is 6190. The maximum absolute atomic E-state index is 13.5. The van der Waals surface area contributed by atoms with Crippen LogP contribution in [0.2, 0.25) is 0 Å². The second kappa shape index (κ2) is 43.0. The number of hydrogen-bond acceptors (Lipinski definition) is 18. The van der Waals surface area contributed by atoms with Gasteiger partial charge in [0, 0.05) is 67.9 Å². The molecule has 632 valence electrons. The quantitative estimate of drug-likeness (QED) is 0.0199. The molecule has 27 nitrogen and oxygen atoms in total. The van der Waals surface area contributed by atoms with E-state index >= 15 is 0 Å². The number of rotatable bonds is 30. The minimum absolute atomic E-state index is 0.0670. The van der Waals surface area contributed by atoms with Gasteiger partial charge in [0.1, 0.15) is 11.6 Å². The summed E-state index contributed by atoms with van der Waals surface area (Å²) in [7, 11) is 1.60. The summed E-state index contributed by atoms with van der Waals surface area (Å²) in [5.41, 5.74) is 37.8. The average molecular weight is 1670 g/mol. The molecule has 4 heterocycles. The van der Waals surface area contributed by atoms with E-state index in [2.05, 4.69) is 95.5 Å². The zero-order valence-corrected chi connectivity index (χ0v) is 68.8. The fourth-order valence-electron chi connectivity index (χ4n) is 14.3. The van der Waals surface area contributed by atoms with Crippen molar-refractivity contribution in [3.63, 3.8) is 0 Å². The number of methoxy groups -OCH3 is 1. The molecule has 0 saturated carbocycles. The number of halogens is 1. The molecule has 0 saturated heterocycles. The number of amides is 5. The van der Waals surface area contributed by atoms with Crippen LogP contribution in [0.15, 0.2) is 291 Å². The van der Waals surface area contributed by atoms with Crippen LogP contribution in [0, 0.1) is 24.1 Å². The maximum Gasteiger partial charge on any atom is 0.272 e. The lowest BCUT2D eigenvalue weighted by Crippen LogP contribution is -2.24. The molecule has 4 atom stereocenters. The molecule has 0 aliphatic rings. The van der Waals surface area contributed by atoms with E-state index in [9.17, 15) is 28.4 Å². The summed E-state index contributed by atoms with van der Waals surface area (Å²) < 4.78 is 18.8. The first-order chi connectivity index (χ1) is 61.0. The number of fused-ring (bicyclic) bond motifs is 4. The molecule has 125 heavy (non-hydrogen) atoms. The van der Waals surface area contributed by atoms with Gasteiger partial charge < -0.3 is 70.2 Å². The highest BCUT2D eigenvalue weighted by atomic mass is 19.1. The fraction of sp³-hybridized carbons (Fsp3) is 0.155. The van der Waals surface area contributed by atoms with Crippen molar-refractivity contribution in [2.75, 3.05) is 70.5 Å². The first-order valence-corrected chi connectivity index (χ1v) is 40.7. The summed E-state index contributed by atoms with van der Waals surface area (Å²) in [6.45, 7) is 4.09. The van der Waals surface area contributed by atoms with Crippen LogP contribution in [0.4, 0.5) is 61.7 Å². The normalized spacial score (nSPS) is 11.8. The van der Waals surface area contributed by atoms with Gasteiger partial charge in [-0.3, -0.25) is 44.4 Å². The maximum atomic E-state index is 13.5. The molecule has 16 aromatic rings. The van der Waals surface area contributed by atoms with Crippen molar-refractivity contribution >= 4 is 130 Å². The molecule has 0 spiro atoms. The van der Waals surface area contributed by atoms with Gasteiger partial charge in [-0.1, -0.05) is 158 Å². The lowest BCUT2D eigenvalue weighted by Gasteiger charge is -2.17. The molecular weight excluding hydrogens is 1570 g/mol. The first-order valence-electron chi connectivity index (χ1n) is 40.7. The van der Waals surface area contributed by atoms with Crippen molar-refractivity contribution in [3.8, 4) is 11.8 Å². The smallest absolute Gasteiger partial charge is 0.272 e. The van der Waals surface area contributed by atoms with E-state index in [1.54, 1.807) is 55.6 Å². The highest BCUT2D eigenvalue weighted by Crippen LogP contribution is 2.35. The molecule has 4 unspecified atom stereocenters. The van der Waals surface area contributed by atoms with Crippen molar-refractivity contribution in [1.29, 1.82) is 5.26 Å². The average Bonchev–Trinajstić information content (AvgIpc) is 1.68. The number of ether oxygens (including phenoxy) is 1. The summed E-state index contributed by atoms with van der Waals surface area (Å²) in [5.74, 6) is 0.0914. The van der Waals surface area contributed by atoms with Gasteiger partial charge >= 0.3 is 0 Å². The number of aromatic nitrogens is 8. The van der Waals surface area contributed by atoms with Gasteiger partial charge in [0.15, 0.2) is 23.1 Å². The second-order valence-electron chi connectivity index (χ2n) is 29.4. The van der Waals surface area contributed by atoms with Crippen molar-refractivity contribution in [3.05, 3.63) is 342 Å². The number of hydrogen-bond donors (Lipinski definition) is 16. The number of nitrogens with one attached hydrogen (secondary N) is 12. The molecule has 0 fully saturated rings. The third kappa shape index (κ3) is 23.3. The molecule has 28 heteroatoms. The molecule has 0 aliphatic carbocycles. The summed E-state index contributed by atoms with van der Waals surface area (Å²) in [4.78, 5) is 64.8. The fourth-order valence-corrected chi connectivity index (χ4v) is 14.3. The molecule has 12 aromatic carbocycles. The number of H-pyrrole nitrogens is 4. The highest BCUT2D eigenvalue weighted by molar-refractivity contribution is 6.07. The first kappa shape index (κ1) is 87.2. The number of benzene rings is 12. The van der Waals surface area contributed by atoms with E-state index in [1.807, 2.05) is 231 Å². The molecule has 5 amide bonds. The molecular formula is C97H96FN21O6. The van der Waals surface area contributed by atoms with Crippen molar-refractivity contribution < 1.29 is 33.1 Å². The Morgan fingerprint density at radius 1 is 0.384 bits per heavy atom. The third-order valence-electron chi connectivity index (χ3n) is 20.6. The Kier molecular flexibility index (Phi) is 30.0. The molecule has 0 bridgehead atoms. The van der Waals surface area contributed by atoms with Crippen LogP contribution in [0.25, 0.3) is 43.6 Å². The standard InChI is InChI=1S/C25H24N6O2.C25H25N5O2.C24H25N5O.C23H22FN5O/c1-33-20-7-3-5-17(13-20)21(10-11-26)25(32)29-19-8-9-23-22(14-19)24(31-30-23)28-18-6-2-4-16(12-18)15-27;26-14-13-20(18-9-5-2-6-10-18)24(31)28-19-11-12-22-21(15-19)23(30-29-22)25(32)27-16-17-7-3-1-4-8-17;1-16-6-5-9-18(14-16)26-23-21-15-19(10-11-22(21)28-29-23)27-24(30)20(12-13-25)17-7-3-2-4-8-17;24-16-7-4-8-17(13-16)26-22-20-14-18(9-10-21(20)28-29-22)27-23(30)19(11-12-25)15-5-2-1-3-6-15/h2-9,12-14,21H,10-11,26H2,1H3,(H,29,32)(H2,28,30,31);1-12,15,20H,13-14,16,26H2,(H,27,32)(H,28,31)(H,29,30);2-11,14-15,20H,12-13,25H2,1H3,(H,27,30)(H2,26,28,29);1-10,13-14,19H,11-12,25H2,(H,27,30)(H2,26,28,29). The Morgan fingerprint density at radius 2 is 0.744 bits per heavy atom. The zero-order valence-electron chi connectivity index (χ0n) is 68.8. The molecule has 0 aliphatic heterocycles. The monoisotopic (exact) mass is 1670 g/mol. The van der Waals surface area contributed by atoms with E-state index in [0.29, 0.717) is 115 Å². The highest BCUT2D eigenvalue weighted by Gasteiger charge is 2.26. The predicted molar refractivity (Wildman–Crippen MR) is 493 cm³/mol. The van der Waals surface area contributed by atoms with Gasteiger partial charge in [0.2, 0.25) is 23.6 Å². The molecule has 0 radical (unpaired) electrons. The van der Waals surface area contributed by atoms with E-state index in [0.717, 1.165) is 83.1 Å². The minimum Gasteiger partial charge on any atom is -0.497 e. The Hall–Kier alpha value is -15.7. The van der Waals surface area contributed by atoms with Gasteiger partial charge in [0.25, 0.3) is 5.91 Å². The molecule has 20 N–H and O–H groups in total. The van der Waals surface area contributed by atoms with Gasteiger partial charge in [-0.2, -0.15) is 25.7 Å². The largest absolute Gasteiger partial charge is 0.497 e. The van der Waals surface area contributed by atoms with Gasteiger partial charge in [-0.25, -0.2) is 4.39 Å². The van der Waals surface area contributed by atoms with E-state index in [1.165, 1.54) is 17.7 Å². The third-order valence-corrected chi connectivity index (χ3v) is 20.6. The second-order valence-corrected chi connectivity index (χ2v) is 29.4. The number of carbonyl (C=O) groups is 5. The number of aryl methyl sites for hydroxylation is 1. The number of nitriles is 1. The van der Waals surface area contributed by atoms with Crippen LogP contribution in [0.5, 0.6) is 5.75 Å². The van der Waals surface area contributed by atoms with Crippen LogP contribution in [-0.4, -0.2) is 104 Å². The van der Waals surface area contributed by atoms with Crippen LogP contribution in [0.3, 0.4) is 0 Å². The van der Waals surface area contributed by atoms with E-state index < -0.39 is 5.92 Å². The van der Waals surface area contributed by atoms with Gasteiger partial charge in [0.05, 0.1) is 64.5 Å². The SMILES string of the molecule is COc1cccc(C(CCN)C(=O)Nc2ccc3[nH]nc(Nc4cccc(C#N)c4)c3c2)c1.Cc1cccc(Nc2n[nH]c3ccc(NC(=O)C(CCN)c4ccccc4)cc23)c1.NCCC(C(=O)Nc1ccc2[nH]nc(C(=O)NCc3ccccc3)c2c1)c1ccccc1.NCCC(C(=O)Nc1ccc2[nH]nc(Nc3cccc(F)c3)c2c1)c1ccccc1. The summed E-state index contributed by atoms with van der Waals surface area (Å²) in [5, 5.41) is 65.8. The number of aromatic amines is 4. The summed E-state index contributed by atoms with van der Waals surface area (Å²) in [6, 6.07) is 91.7. The van der Waals surface area contributed by atoms with Gasteiger partial charge in [-0.15, -0.1) is 0 Å². The van der Waals surface area contributed by atoms with Gasteiger partial charge in [-0.05, 0) is 226 Å². The topological polar surface area (TPSA) is 433 Å². The number of nitrogens with two attached hydrogens (primary N) is 4. The minimum atomic E-state index is -0.406. The summed E-state index contributed by atoms with van der Waals surface area (Å²) >= 11 is 0. The zero-order chi connectivity index (χ0) is 87.4. The Labute approximate surface area is 720 Å². The predicted octanol–water partition coefficient (Wildman–Crippen LogP) is 17.0. The van der Waals surface area contributed by atoms with E-state index in [4.69, 9.17) is 32.9 Å². The van der Waals surface area contributed by atoms with Crippen molar-refractivity contribution in [2.24, 2.45) is 22.9 Å². The molecule has 4 aromatic heterocycles. The lowest BCUT2D eigenvalue weighted by molar-refractivity contribution is -0.118. The number of anilines is 10. The van der Waals surface area contributed by atoms with Crippen molar-refractivity contribution in [1.82, 2.24) is 46.1 Å². The number of carbonyl (C=O) groups excluding carboxylic acids is 5. The van der Waals surface area contributed by atoms with Crippen LogP contribution >= 0.6 is 0 Å². The lowest BCUT2D eigenvalue weighted by atomic mass is 9.94. The Morgan fingerprint density at radius 3 is 1.15 bits per heavy atom. The number of nitrogens with zero attached hydrogens (tertiary/aromatic N) is 5.